The summed E-state index contributed by atoms with van der Waals surface area (Å²) >= 11 is 0. The summed E-state index contributed by atoms with van der Waals surface area (Å²) < 4.78 is 2.06. The van der Waals surface area contributed by atoms with E-state index in [1.165, 1.54) is 25.7 Å². The third-order valence-corrected chi connectivity index (χ3v) is 5.34. The van der Waals surface area contributed by atoms with E-state index < -0.39 is 0 Å². The van der Waals surface area contributed by atoms with Crippen LogP contribution in [0.2, 0.25) is 0 Å². The van der Waals surface area contributed by atoms with Crippen molar-refractivity contribution in [2.75, 3.05) is 13.1 Å². The van der Waals surface area contributed by atoms with Gasteiger partial charge in [0.2, 0.25) is 0 Å². The Hall–Kier alpha value is -1.77. The van der Waals surface area contributed by atoms with E-state index in [4.69, 9.17) is 0 Å². The molecule has 2 bridgehead atoms. The highest BCUT2D eigenvalue weighted by atomic mass is 16.2. The highest BCUT2D eigenvalue weighted by molar-refractivity contribution is 6.07. The van der Waals surface area contributed by atoms with Gasteiger partial charge in [-0.1, -0.05) is 18.2 Å². The van der Waals surface area contributed by atoms with Crippen LogP contribution < -0.4 is 0 Å². The van der Waals surface area contributed by atoms with Crippen molar-refractivity contribution < 1.29 is 4.79 Å². The number of carbonyl (C=O) groups excluding carboxylic acids is 1. The van der Waals surface area contributed by atoms with Gasteiger partial charge < -0.3 is 9.47 Å². The van der Waals surface area contributed by atoms with Gasteiger partial charge in [0.25, 0.3) is 5.91 Å². The molecule has 1 aromatic heterocycles. The van der Waals surface area contributed by atoms with Crippen molar-refractivity contribution in [3.05, 3.63) is 36.0 Å². The molecule has 1 aromatic carbocycles. The summed E-state index contributed by atoms with van der Waals surface area (Å²) in [6, 6.07) is 8.20. The van der Waals surface area contributed by atoms with Crippen LogP contribution in [0, 0.1) is 11.8 Å². The van der Waals surface area contributed by atoms with Gasteiger partial charge in [-0.15, -0.1) is 0 Å². The van der Waals surface area contributed by atoms with Gasteiger partial charge in [-0.05, 0) is 43.6 Å². The Balaban J connectivity index is 1.70. The number of hydrogen-bond donors (Lipinski definition) is 0. The van der Waals surface area contributed by atoms with Crippen LogP contribution in [0.4, 0.5) is 0 Å². The lowest BCUT2D eigenvalue weighted by Crippen LogP contribution is -2.34. The van der Waals surface area contributed by atoms with Crippen molar-refractivity contribution in [3.8, 4) is 0 Å². The number of aromatic nitrogens is 1. The van der Waals surface area contributed by atoms with Crippen molar-refractivity contribution >= 4 is 16.8 Å². The second-order valence-electron chi connectivity index (χ2n) is 6.77. The number of aryl methyl sites for hydroxylation is 1. The van der Waals surface area contributed by atoms with Crippen LogP contribution in [-0.2, 0) is 7.05 Å². The van der Waals surface area contributed by atoms with Gasteiger partial charge >= 0.3 is 0 Å². The van der Waals surface area contributed by atoms with Gasteiger partial charge in [0, 0.05) is 37.2 Å². The van der Waals surface area contributed by atoms with E-state index in [0.717, 1.165) is 41.4 Å². The molecule has 3 heteroatoms. The van der Waals surface area contributed by atoms with Crippen molar-refractivity contribution in [1.82, 2.24) is 9.47 Å². The van der Waals surface area contributed by atoms with E-state index in [1.54, 1.807) is 0 Å². The van der Waals surface area contributed by atoms with Crippen molar-refractivity contribution in [2.45, 2.75) is 25.7 Å². The molecular formula is C18H22N2O. The van der Waals surface area contributed by atoms with Crippen LogP contribution in [0.15, 0.2) is 30.5 Å². The van der Waals surface area contributed by atoms with Gasteiger partial charge in [-0.3, -0.25) is 4.79 Å². The minimum atomic E-state index is 0.227. The number of para-hydroxylation sites is 1. The van der Waals surface area contributed by atoms with E-state index in [2.05, 4.69) is 21.6 Å². The molecule has 2 saturated heterocycles. The van der Waals surface area contributed by atoms with Crippen LogP contribution in [0.3, 0.4) is 0 Å². The lowest BCUT2D eigenvalue weighted by Gasteiger charge is -2.22. The molecule has 3 nitrogen and oxygen atoms in total. The average molecular weight is 282 g/mol. The molecule has 0 radical (unpaired) electrons. The fourth-order valence-electron chi connectivity index (χ4n) is 4.14. The summed E-state index contributed by atoms with van der Waals surface area (Å²) in [5, 5.41) is 1.08. The first-order valence-corrected chi connectivity index (χ1v) is 8.05. The molecule has 5 rings (SSSR count). The van der Waals surface area contributed by atoms with Gasteiger partial charge in [0.05, 0.1) is 5.56 Å². The normalized spacial score (nSPS) is 25.3. The van der Waals surface area contributed by atoms with E-state index in [9.17, 15) is 4.79 Å². The molecule has 0 spiro atoms. The standard InChI is InChI=1S/C18H22N2O/c1-19-12-16(15-4-2-3-5-17(15)19)18(21)20-10-13-6-7-14(11-20)9-8-13/h2-5,12-14H,6-11H2,1H3. The Labute approximate surface area is 125 Å². The zero-order chi connectivity index (χ0) is 14.4. The molecule has 2 aromatic rings. The predicted octanol–water partition coefficient (Wildman–Crippen LogP) is 3.44. The SMILES string of the molecule is Cn1cc(C(=O)N2CC3CCC(CC3)C2)c2ccccc21. The molecule has 21 heavy (non-hydrogen) atoms. The number of carbonyl (C=O) groups is 1. The first kappa shape index (κ1) is 12.9. The van der Waals surface area contributed by atoms with E-state index in [-0.39, 0.29) is 5.91 Å². The van der Waals surface area contributed by atoms with Gasteiger partial charge in [0.15, 0.2) is 0 Å². The average Bonchev–Trinajstić information content (AvgIpc) is 2.70. The molecule has 3 heterocycles. The third kappa shape index (κ3) is 2.15. The molecule has 1 amide bonds. The summed E-state index contributed by atoms with van der Waals surface area (Å²) in [6.45, 7) is 1.91. The summed E-state index contributed by atoms with van der Waals surface area (Å²) in [4.78, 5) is 15.1. The van der Waals surface area contributed by atoms with E-state index in [1.807, 2.05) is 25.4 Å². The van der Waals surface area contributed by atoms with Crippen LogP contribution in [0.5, 0.6) is 0 Å². The fourth-order valence-corrected chi connectivity index (χ4v) is 4.14. The number of fused-ring (bicyclic) bond motifs is 5. The largest absolute Gasteiger partial charge is 0.350 e. The fraction of sp³-hybridized carbons (Fsp3) is 0.500. The van der Waals surface area contributed by atoms with Crippen molar-refractivity contribution in [1.29, 1.82) is 0 Å². The third-order valence-electron chi connectivity index (χ3n) is 5.34. The van der Waals surface area contributed by atoms with Gasteiger partial charge in [-0.2, -0.15) is 0 Å². The number of nitrogens with zero attached hydrogens (tertiary/aromatic N) is 2. The zero-order valence-corrected chi connectivity index (χ0v) is 12.6. The Kier molecular flexibility index (Phi) is 3.02. The quantitative estimate of drug-likeness (QED) is 0.786. The minimum Gasteiger partial charge on any atom is -0.350 e. The van der Waals surface area contributed by atoms with Crippen LogP contribution >= 0.6 is 0 Å². The molecule has 1 aliphatic carbocycles. The summed E-state index contributed by atoms with van der Waals surface area (Å²) in [5.41, 5.74) is 2.01. The number of benzene rings is 1. The molecule has 0 unspecified atom stereocenters. The van der Waals surface area contributed by atoms with E-state index >= 15 is 0 Å². The zero-order valence-electron chi connectivity index (χ0n) is 12.6. The number of hydrogen-bond acceptors (Lipinski definition) is 1. The maximum atomic E-state index is 13.0. The highest BCUT2D eigenvalue weighted by Crippen LogP contribution is 2.35. The second kappa shape index (κ2) is 4.90. The summed E-state index contributed by atoms with van der Waals surface area (Å²) in [7, 11) is 2.02. The Morgan fingerprint density at radius 1 is 1.05 bits per heavy atom. The smallest absolute Gasteiger partial charge is 0.256 e. The van der Waals surface area contributed by atoms with Gasteiger partial charge in [-0.25, -0.2) is 0 Å². The van der Waals surface area contributed by atoms with Crippen molar-refractivity contribution in [3.63, 3.8) is 0 Å². The molecule has 0 N–H and O–H groups in total. The second-order valence-corrected chi connectivity index (χ2v) is 6.77. The maximum absolute atomic E-state index is 13.0. The highest BCUT2D eigenvalue weighted by Gasteiger charge is 2.32. The Morgan fingerprint density at radius 2 is 1.67 bits per heavy atom. The number of amides is 1. The van der Waals surface area contributed by atoms with Crippen LogP contribution in [-0.4, -0.2) is 28.5 Å². The minimum absolute atomic E-state index is 0.227. The topological polar surface area (TPSA) is 25.2 Å². The lowest BCUT2D eigenvalue weighted by molar-refractivity contribution is 0.0741. The van der Waals surface area contributed by atoms with Crippen LogP contribution in [0.1, 0.15) is 36.0 Å². The first-order chi connectivity index (χ1) is 10.2. The summed E-state index contributed by atoms with van der Waals surface area (Å²) in [5.74, 6) is 1.68. The molecule has 3 fully saturated rings. The Bertz CT molecular complexity index is 666. The monoisotopic (exact) mass is 282 g/mol. The molecule has 2 aliphatic heterocycles. The summed E-state index contributed by atoms with van der Waals surface area (Å²) in [6.07, 6.45) is 7.24. The van der Waals surface area contributed by atoms with Crippen LogP contribution in [0.25, 0.3) is 10.9 Å². The van der Waals surface area contributed by atoms with Crippen molar-refractivity contribution in [2.24, 2.45) is 18.9 Å². The molecule has 0 atom stereocenters. The Morgan fingerprint density at radius 3 is 2.33 bits per heavy atom. The molecule has 3 aliphatic rings. The lowest BCUT2D eigenvalue weighted by atomic mass is 9.84. The first-order valence-electron chi connectivity index (χ1n) is 8.05. The van der Waals surface area contributed by atoms with E-state index in [0.29, 0.717) is 0 Å². The number of rotatable bonds is 1. The molecular weight excluding hydrogens is 260 g/mol. The molecule has 1 saturated carbocycles. The van der Waals surface area contributed by atoms with Gasteiger partial charge in [0.1, 0.15) is 0 Å². The molecule has 110 valence electrons. The maximum Gasteiger partial charge on any atom is 0.256 e. The predicted molar refractivity (Wildman–Crippen MR) is 84.3 cm³/mol.